The van der Waals surface area contributed by atoms with Gasteiger partial charge in [-0.1, -0.05) is 13.3 Å². The lowest BCUT2D eigenvalue weighted by atomic mass is 9.96. The van der Waals surface area contributed by atoms with E-state index in [1.807, 2.05) is 4.90 Å². The van der Waals surface area contributed by atoms with Crippen LogP contribution in [0.3, 0.4) is 0 Å². The number of amides is 1. The highest BCUT2D eigenvalue weighted by Gasteiger charge is 2.31. The van der Waals surface area contributed by atoms with E-state index >= 15 is 0 Å². The van der Waals surface area contributed by atoms with Gasteiger partial charge in [0.15, 0.2) is 0 Å². The average molecular weight is 242 g/mol. The molecule has 1 saturated carbocycles. The summed E-state index contributed by atoms with van der Waals surface area (Å²) >= 11 is 0. The molecule has 0 spiro atoms. The van der Waals surface area contributed by atoms with E-state index in [-0.39, 0.29) is 12.5 Å². The Morgan fingerprint density at radius 1 is 1.47 bits per heavy atom. The van der Waals surface area contributed by atoms with Crippen molar-refractivity contribution < 1.29 is 9.90 Å². The minimum Gasteiger partial charge on any atom is -0.395 e. The first-order valence-corrected chi connectivity index (χ1v) is 6.83. The predicted octanol–water partition coefficient (Wildman–Crippen LogP) is 1.12. The van der Waals surface area contributed by atoms with Crippen molar-refractivity contribution in [2.24, 2.45) is 11.7 Å². The molecule has 100 valence electrons. The number of hydrogen-bond acceptors (Lipinski definition) is 3. The number of aliphatic hydroxyl groups is 1. The van der Waals surface area contributed by atoms with Crippen LogP contribution in [0, 0.1) is 5.92 Å². The third-order valence-corrected chi connectivity index (χ3v) is 3.57. The van der Waals surface area contributed by atoms with Crippen LogP contribution in [0.15, 0.2) is 0 Å². The Balaban J connectivity index is 2.30. The molecule has 0 aromatic carbocycles. The molecule has 0 radical (unpaired) electrons. The van der Waals surface area contributed by atoms with Gasteiger partial charge in [0.25, 0.3) is 0 Å². The van der Waals surface area contributed by atoms with Crippen molar-refractivity contribution in [3.8, 4) is 0 Å². The second-order valence-corrected chi connectivity index (χ2v) is 4.93. The molecule has 1 unspecified atom stereocenters. The minimum atomic E-state index is 0.0717. The molecular formula is C13H26N2O2. The number of hydrogen-bond donors (Lipinski definition) is 2. The van der Waals surface area contributed by atoms with Gasteiger partial charge < -0.3 is 15.7 Å². The molecule has 0 aromatic heterocycles. The van der Waals surface area contributed by atoms with Gasteiger partial charge >= 0.3 is 0 Å². The van der Waals surface area contributed by atoms with Crippen LogP contribution in [0.25, 0.3) is 0 Å². The lowest BCUT2D eigenvalue weighted by molar-refractivity contribution is -0.132. The Labute approximate surface area is 104 Å². The molecule has 1 atom stereocenters. The van der Waals surface area contributed by atoms with Crippen LogP contribution in [-0.2, 0) is 4.79 Å². The normalized spacial score (nSPS) is 16.9. The SMILES string of the molecule is CCC(CCN)CCC(=O)N(CCO)C1CC1. The van der Waals surface area contributed by atoms with E-state index in [1.54, 1.807) is 0 Å². The van der Waals surface area contributed by atoms with E-state index in [0.717, 1.165) is 32.1 Å². The fourth-order valence-corrected chi connectivity index (χ4v) is 2.26. The standard InChI is InChI=1S/C13H26N2O2/c1-2-11(7-8-14)3-6-13(17)15(9-10-16)12-4-5-12/h11-12,16H,2-10,14H2,1H3. The molecule has 4 heteroatoms. The number of carbonyl (C=O) groups excluding carboxylic acids is 1. The first-order chi connectivity index (χ1) is 8.22. The first kappa shape index (κ1) is 14.5. The van der Waals surface area contributed by atoms with Gasteiger partial charge in [-0.05, 0) is 38.1 Å². The maximum Gasteiger partial charge on any atom is 0.222 e. The van der Waals surface area contributed by atoms with Gasteiger partial charge in [0.1, 0.15) is 0 Å². The third kappa shape index (κ3) is 5.04. The molecule has 0 bridgehead atoms. The third-order valence-electron chi connectivity index (χ3n) is 3.57. The molecule has 1 fully saturated rings. The van der Waals surface area contributed by atoms with E-state index in [0.29, 0.717) is 31.5 Å². The molecule has 3 N–H and O–H groups in total. The highest BCUT2D eigenvalue weighted by Crippen LogP contribution is 2.27. The van der Waals surface area contributed by atoms with Crippen LogP contribution in [-0.4, -0.2) is 41.7 Å². The van der Waals surface area contributed by atoms with Crippen molar-refractivity contribution in [2.75, 3.05) is 19.7 Å². The fourth-order valence-electron chi connectivity index (χ4n) is 2.26. The van der Waals surface area contributed by atoms with Gasteiger partial charge in [-0.25, -0.2) is 0 Å². The molecular weight excluding hydrogens is 216 g/mol. The van der Waals surface area contributed by atoms with Gasteiger partial charge in [0.2, 0.25) is 5.91 Å². The highest BCUT2D eigenvalue weighted by atomic mass is 16.3. The summed E-state index contributed by atoms with van der Waals surface area (Å²) in [5, 5.41) is 8.96. The second kappa shape index (κ2) is 7.67. The molecule has 0 saturated heterocycles. The summed E-state index contributed by atoms with van der Waals surface area (Å²) in [5.74, 6) is 0.774. The Kier molecular flexibility index (Phi) is 6.52. The molecule has 0 aliphatic heterocycles. The Hall–Kier alpha value is -0.610. The van der Waals surface area contributed by atoms with Crippen molar-refractivity contribution in [2.45, 2.75) is 51.5 Å². The lowest BCUT2D eigenvalue weighted by Crippen LogP contribution is -2.35. The lowest BCUT2D eigenvalue weighted by Gasteiger charge is -2.22. The quantitative estimate of drug-likeness (QED) is 0.637. The molecule has 1 amide bonds. The summed E-state index contributed by atoms with van der Waals surface area (Å²) in [4.78, 5) is 13.9. The molecule has 1 aliphatic carbocycles. The van der Waals surface area contributed by atoms with Crippen molar-refractivity contribution in [3.63, 3.8) is 0 Å². The fraction of sp³-hybridized carbons (Fsp3) is 0.923. The second-order valence-electron chi connectivity index (χ2n) is 4.93. The van der Waals surface area contributed by atoms with E-state index in [4.69, 9.17) is 10.8 Å². The van der Waals surface area contributed by atoms with Gasteiger partial charge in [-0.15, -0.1) is 0 Å². The maximum absolute atomic E-state index is 12.0. The Morgan fingerprint density at radius 3 is 2.65 bits per heavy atom. The maximum atomic E-state index is 12.0. The Bertz CT molecular complexity index is 229. The van der Waals surface area contributed by atoms with Crippen molar-refractivity contribution in [3.05, 3.63) is 0 Å². The van der Waals surface area contributed by atoms with Gasteiger partial charge in [-0.2, -0.15) is 0 Å². The van der Waals surface area contributed by atoms with Crippen LogP contribution in [0.5, 0.6) is 0 Å². The average Bonchev–Trinajstić information content (AvgIpc) is 3.15. The van der Waals surface area contributed by atoms with Crippen molar-refractivity contribution >= 4 is 5.91 Å². The highest BCUT2D eigenvalue weighted by molar-refractivity contribution is 5.76. The first-order valence-electron chi connectivity index (χ1n) is 6.83. The largest absolute Gasteiger partial charge is 0.395 e. The van der Waals surface area contributed by atoms with E-state index in [2.05, 4.69) is 6.92 Å². The van der Waals surface area contributed by atoms with Crippen molar-refractivity contribution in [1.29, 1.82) is 0 Å². The zero-order valence-corrected chi connectivity index (χ0v) is 10.9. The summed E-state index contributed by atoms with van der Waals surface area (Å²) in [5.41, 5.74) is 5.55. The van der Waals surface area contributed by atoms with Crippen LogP contribution in [0.2, 0.25) is 0 Å². The van der Waals surface area contributed by atoms with Gasteiger partial charge in [-0.3, -0.25) is 4.79 Å². The van der Waals surface area contributed by atoms with Gasteiger partial charge in [0.05, 0.1) is 6.61 Å². The molecule has 0 heterocycles. The minimum absolute atomic E-state index is 0.0717. The van der Waals surface area contributed by atoms with Crippen LogP contribution in [0.1, 0.15) is 45.4 Å². The Morgan fingerprint density at radius 2 is 2.18 bits per heavy atom. The molecule has 1 rings (SSSR count). The summed E-state index contributed by atoms with van der Waals surface area (Å²) in [7, 11) is 0. The molecule has 1 aliphatic rings. The number of nitrogens with zero attached hydrogens (tertiary/aromatic N) is 1. The predicted molar refractivity (Wildman–Crippen MR) is 68.5 cm³/mol. The summed E-state index contributed by atoms with van der Waals surface area (Å²) in [6.45, 7) is 3.42. The van der Waals surface area contributed by atoms with Crippen LogP contribution >= 0.6 is 0 Å². The van der Waals surface area contributed by atoms with E-state index in [1.165, 1.54) is 0 Å². The number of nitrogens with two attached hydrogens (primary N) is 1. The number of carbonyl (C=O) groups is 1. The zero-order valence-electron chi connectivity index (χ0n) is 10.9. The zero-order chi connectivity index (χ0) is 12.7. The molecule has 4 nitrogen and oxygen atoms in total. The smallest absolute Gasteiger partial charge is 0.222 e. The van der Waals surface area contributed by atoms with Crippen LogP contribution in [0.4, 0.5) is 0 Å². The summed E-state index contributed by atoms with van der Waals surface area (Å²) < 4.78 is 0. The monoisotopic (exact) mass is 242 g/mol. The number of aliphatic hydroxyl groups excluding tert-OH is 1. The summed E-state index contributed by atoms with van der Waals surface area (Å²) in [6, 6.07) is 0.407. The molecule has 17 heavy (non-hydrogen) atoms. The van der Waals surface area contributed by atoms with E-state index < -0.39 is 0 Å². The summed E-state index contributed by atoms with van der Waals surface area (Å²) in [6.07, 6.45) is 5.84. The van der Waals surface area contributed by atoms with Gasteiger partial charge in [0, 0.05) is 19.0 Å². The van der Waals surface area contributed by atoms with Crippen LogP contribution < -0.4 is 5.73 Å². The number of rotatable bonds is 9. The topological polar surface area (TPSA) is 66.6 Å². The van der Waals surface area contributed by atoms with E-state index in [9.17, 15) is 4.79 Å². The van der Waals surface area contributed by atoms with Crippen molar-refractivity contribution in [1.82, 2.24) is 4.90 Å². The molecule has 0 aromatic rings.